The lowest BCUT2D eigenvalue weighted by molar-refractivity contribution is -0.121. The largest absolute Gasteiger partial charge is 0.494 e. The van der Waals surface area contributed by atoms with Crippen molar-refractivity contribution >= 4 is 15.9 Å². The molecule has 0 aliphatic heterocycles. The predicted octanol–water partition coefficient (Wildman–Crippen LogP) is 1.81. The summed E-state index contributed by atoms with van der Waals surface area (Å²) >= 11 is 0. The molecule has 24 heavy (non-hydrogen) atoms. The van der Waals surface area contributed by atoms with E-state index in [2.05, 4.69) is 5.32 Å². The highest BCUT2D eigenvalue weighted by Crippen LogP contribution is 2.13. The van der Waals surface area contributed by atoms with Gasteiger partial charge in [-0.1, -0.05) is 12.1 Å². The molecule has 0 saturated carbocycles. The number of amides is 1. The van der Waals surface area contributed by atoms with Gasteiger partial charge in [-0.15, -0.1) is 0 Å². The van der Waals surface area contributed by atoms with Crippen LogP contribution in [0.4, 0.5) is 0 Å². The van der Waals surface area contributed by atoms with Gasteiger partial charge in [-0.2, -0.15) is 0 Å². The topological polar surface area (TPSA) is 75.7 Å². The number of hydrogen-bond acceptors (Lipinski definition) is 4. The number of nitrogens with one attached hydrogen (secondary N) is 1. The minimum atomic E-state index is -3.14. The van der Waals surface area contributed by atoms with E-state index in [1.54, 1.807) is 14.0 Å². The second kappa shape index (κ2) is 10.3. The van der Waals surface area contributed by atoms with Gasteiger partial charge in [0.25, 0.3) is 0 Å². The molecular weight excluding hydrogens is 328 g/mol. The maximum absolute atomic E-state index is 11.8. The van der Waals surface area contributed by atoms with Crippen LogP contribution in [0.15, 0.2) is 24.3 Å². The van der Waals surface area contributed by atoms with Crippen LogP contribution in [0.25, 0.3) is 0 Å². The number of carbonyl (C=O) groups excluding carboxylic acids is 1. The lowest BCUT2D eigenvalue weighted by Gasteiger charge is -2.15. The molecule has 0 saturated heterocycles. The summed E-state index contributed by atoms with van der Waals surface area (Å²) in [6, 6.07) is 7.73. The summed E-state index contributed by atoms with van der Waals surface area (Å²) in [6.45, 7) is 5.08. The van der Waals surface area contributed by atoms with Gasteiger partial charge in [-0.3, -0.25) is 4.79 Å². The van der Waals surface area contributed by atoms with Gasteiger partial charge in [0.05, 0.1) is 12.4 Å². The van der Waals surface area contributed by atoms with Gasteiger partial charge < -0.3 is 10.1 Å². The van der Waals surface area contributed by atoms with Gasteiger partial charge in [0.15, 0.2) is 0 Å². The highest BCUT2D eigenvalue weighted by molar-refractivity contribution is 7.89. The maximum atomic E-state index is 11.8. The van der Waals surface area contributed by atoms with Crippen LogP contribution < -0.4 is 10.1 Å². The van der Waals surface area contributed by atoms with Gasteiger partial charge in [0.2, 0.25) is 15.9 Å². The Hall–Kier alpha value is -1.60. The molecule has 0 aliphatic rings. The number of rotatable bonds is 11. The first-order chi connectivity index (χ1) is 11.4. The fraction of sp³-hybridized carbons (Fsp3) is 0.588. The first kappa shape index (κ1) is 20.4. The van der Waals surface area contributed by atoms with E-state index in [1.165, 1.54) is 4.31 Å². The highest BCUT2D eigenvalue weighted by atomic mass is 32.2. The van der Waals surface area contributed by atoms with Gasteiger partial charge in [0, 0.05) is 26.6 Å². The van der Waals surface area contributed by atoms with E-state index >= 15 is 0 Å². The van der Waals surface area contributed by atoms with Crippen LogP contribution >= 0.6 is 0 Å². The number of ether oxygens (including phenoxy) is 1. The third-order valence-corrected chi connectivity index (χ3v) is 5.55. The lowest BCUT2D eigenvalue weighted by Crippen LogP contribution is -2.32. The van der Waals surface area contributed by atoms with Gasteiger partial charge >= 0.3 is 0 Å². The van der Waals surface area contributed by atoms with Crippen LogP contribution in [0, 0.1) is 0 Å². The lowest BCUT2D eigenvalue weighted by atomic mass is 10.1. The number of hydrogen-bond donors (Lipinski definition) is 1. The van der Waals surface area contributed by atoms with Crippen molar-refractivity contribution in [3.63, 3.8) is 0 Å². The molecule has 0 heterocycles. The van der Waals surface area contributed by atoms with E-state index in [9.17, 15) is 13.2 Å². The van der Waals surface area contributed by atoms with Crippen LogP contribution in [-0.4, -0.2) is 51.1 Å². The Labute approximate surface area is 145 Å². The minimum absolute atomic E-state index is 0.0233. The zero-order valence-electron chi connectivity index (χ0n) is 14.7. The second-order valence-electron chi connectivity index (χ2n) is 5.50. The molecule has 136 valence electrons. The minimum Gasteiger partial charge on any atom is -0.494 e. The smallest absolute Gasteiger partial charge is 0.220 e. The Morgan fingerprint density at radius 1 is 1.21 bits per heavy atom. The van der Waals surface area contributed by atoms with Crippen LogP contribution in [0.2, 0.25) is 0 Å². The Bertz CT molecular complexity index is 600. The Morgan fingerprint density at radius 2 is 1.88 bits per heavy atom. The molecule has 0 bridgehead atoms. The van der Waals surface area contributed by atoms with E-state index in [1.807, 2.05) is 31.2 Å². The molecule has 0 radical (unpaired) electrons. The number of aryl methyl sites for hydroxylation is 1. The Kier molecular flexibility index (Phi) is 8.78. The molecule has 7 heteroatoms. The third-order valence-electron chi connectivity index (χ3n) is 3.69. The van der Waals surface area contributed by atoms with Crippen molar-refractivity contribution in [3.8, 4) is 5.75 Å². The fourth-order valence-electron chi connectivity index (χ4n) is 2.15. The van der Waals surface area contributed by atoms with Crippen molar-refractivity contribution < 1.29 is 17.9 Å². The molecule has 1 aromatic carbocycles. The number of sulfonamides is 1. The van der Waals surface area contributed by atoms with Crippen molar-refractivity contribution in [2.45, 2.75) is 33.1 Å². The SMILES string of the molecule is CCOc1ccc(CCC(=O)NCCCN(C)S(=O)(=O)CC)cc1. The monoisotopic (exact) mass is 356 g/mol. The van der Waals surface area contributed by atoms with Gasteiger partial charge in [0.1, 0.15) is 5.75 Å². The molecule has 1 rings (SSSR count). The standard InChI is InChI=1S/C17H28N2O4S/c1-4-23-16-10-7-15(8-11-16)9-12-17(20)18-13-6-14-19(3)24(21,22)5-2/h7-8,10-11H,4-6,9,12-14H2,1-3H3,(H,18,20). The van der Waals surface area contributed by atoms with E-state index in [0.717, 1.165) is 11.3 Å². The maximum Gasteiger partial charge on any atom is 0.220 e. The second-order valence-corrected chi connectivity index (χ2v) is 7.87. The summed E-state index contributed by atoms with van der Waals surface area (Å²) in [5, 5.41) is 2.82. The number of carbonyl (C=O) groups is 1. The van der Waals surface area contributed by atoms with Crippen LogP contribution in [0.1, 0.15) is 32.3 Å². The molecule has 0 unspecified atom stereocenters. The zero-order chi connectivity index (χ0) is 18.0. The summed E-state index contributed by atoms with van der Waals surface area (Å²) in [5.41, 5.74) is 1.09. The normalized spacial score (nSPS) is 11.5. The van der Waals surface area contributed by atoms with E-state index in [4.69, 9.17) is 4.74 Å². The van der Waals surface area contributed by atoms with Crippen molar-refractivity contribution in [1.82, 2.24) is 9.62 Å². The molecule has 6 nitrogen and oxygen atoms in total. The molecule has 0 aromatic heterocycles. The summed E-state index contributed by atoms with van der Waals surface area (Å²) in [7, 11) is -1.58. The third kappa shape index (κ3) is 7.31. The summed E-state index contributed by atoms with van der Waals surface area (Å²) in [4.78, 5) is 11.8. The first-order valence-corrected chi connectivity index (χ1v) is 9.92. The molecular formula is C17H28N2O4S. The fourth-order valence-corrected chi connectivity index (χ4v) is 3.00. The predicted molar refractivity (Wildman–Crippen MR) is 95.6 cm³/mol. The molecule has 0 atom stereocenters. The van der Waals surface area contributed by atoms with E-state index in [0.29, 0.717) is 39.0 Å². The highest BCUT2D eigenvalue weighted by Gasteiger charge is 2.14. The molecule has 0 aliphatic carbocycles. The molecule has 0 fully saturated rings. The zero-order valence-corrected chi connectivity index (χ0v) is 15.6. The Morgan fingerprint density at radius 3 is 2.46 bits per heavy atom. The number of benzene rings is 1. The first-order valence-electron chi connectivity index (χ1n) is 8.31. The van der Waals surface area contributed by atoms with Gasteiger partial charge in [-0.25, -0.2) is 12.7 Å². The molecule has 1 amide bonds. The van der Waals surface area contributed by atoms with E-state index in [-0.39, 0.29) is 11.7 Å². The molecule has 1 aromatic rings. The number of nitrogens with zero attached hydrogens (tertiary/aromatic N) is 1. The van der Waals surface area contributed by atoms with Crippen molar-refractivity contribution in [2.75, 3.05) is 32.5 Å². The summed E-state index contributed by atoms with van der Waals surface area (Å²) in [5.74, 6) is 0.902. The summed E-state index contributed by atoms with van der Waals surface area (Å²) < 4.78 is 29.9. The molecule has 0 spiro atoms. The average Bonchev–Trinajstić information content (AvgIpc) is 2.58. The van der Waals surface area contributed by atoms with Crippen molar-refractivity contribution in [3.05, 3.63) is 29.8 Å². The quantitative estimate of drug-likeness (QED) is 0.614. The molecule has 1 N–H and O–H groups in total. The van der Waals surface area contributed by atoms with Crippen molar-refractivity contribution in [2.24, 2.45) is 0 Å². The summed E-state index contributed by atoms with van der Waals surface area (Å²) in [6.07, 6.45) is 1.68. The average molecular weight is 356 g/mol. The van der Waals surface area contributed by atoms with Gasteiger partial charge in [-0.05, 0) is 44.4 Å². The van der Waals surface area contributed by atoms with Crippen LogP contribution in [-0.2, 0) is 21.2 Å². The van der Waals surface area contributed by atoms with Crippen LogP contribution in [0.3, 0.4) is 0 Å². The Balaban J connectivity index is 2.22. The van der Waals surface area contributed by atoms with E-state index < -0.39 is 10.0 Å². The van der Waals surface area contributed by atoms with Crippen molar-refractivity contribution in [1.29, 1.82) is 0 Å². The van der Waals surface area contributed by atoms with Crippen LogP contribution in [0.5, 0.6) is 5.75 Å².